The summed E-state index contributed by atoms with van der Waals surface area (Å²) in [5.74, 6) is 0.330. The van der Waals surface area contributed by atoms with Crippen LogP contribution in [-0.2, 0) is 17.8 Å². The highest BCUT2D eigenvalue weighted by molar-refractivity contribution is 6.06. The van der Waals surface area contributed by atoms with Crippen LogP contribution in [0.1, 0.15) is 30.9 Å². The second-order valence-electron chi connectivity index (χ2n) is 6.16. The lowest BCUT2D eigenvalue weighted by molar-refractivity contribution is -0.112. The number of hydrogen-bond acceptors (Lipinski definition) is 4. The minimum Gasteiger partial charge on any atom is -0.497 e. The van der Waals surface area contributed by atoms with Crippen molar-refractivity contribution >= 4 is 11.6 Å². The van der Waals surface area contributed by atoms with Crippen molar-refractivity contribution in [3.05, 3.63) is 71.4 Å². The van der Waals surface area contributed by atoms with Gasteiger partial charge in [0, 0.05) is 18.4 Å². The third-order valence-corrected chi connectivity index (χ3v) is 4.08. The summed E-state index contributed by atoms with van der Waals surface area (Å²) in [6.07, 6.45) is 4.76. The fraction of sp³-hybridized carbons (Fsp3) is 0.273. The van der Waals surface area contributed by atoms with E-state index in [4.69, 9.17) is 4.74 Å². The largest absolute Gasteiger partial charge is 0.497 e. The van der Waals surface area contributed by atoms with Gasteiger partial charge in [-0.25, -0.2) is 0 Å². The number of nitrogens with zero attached hydrogens (tertiary/aromatic N) is 1. The van der Waals surface area contributed by atoms with Crippen LogP contribution in [-0.4, -0.2) is 13.0 Å². The van der Waals surface area contributed by atoms with Gasteiger partial charge in [0.1, 0.15) is 17.4 Å². The van der Waals surface area contributed by atoms with Crippen LogP contribution < -0.4 is 15.4 Å². The standard InChI is InChI=1S/C22H25N3O2/c1-3-4-6-17-9-11-20(12-10-17)25-22(26)19(14-23)16-24-15-18-7-5-8-21(13-18)27-2/h5,7-13,16,24H,3-4,6,15H2,1-2H3,(H,25,26)/b19-16-. The van der Waals surface area contributed by atoms with Crippen LogP contribution in [0.3, 0.4) is 0 Å². The highest BCUT2D eigenvalue weighted by Gasteiger charge is 2.09. The number of benzene rings is 2. The number of carbonyl (C=O) groups is 1. The zero-order chi connectivity index (χ0) is 19.5. The summed E-state index contributed by atoms with van der Waals surface area (Å²) in [6.45, 7) is 2.65. The van der Waals surface area contributed by atoms with Crippen LogP contribution in [0.4, 0.5) is 5.69 Å². The molecule has 0 aromatic heterocycles. The second kappa shape index (κ2) is 10.7. The Balaban J connectivity index is 1.92. The van der Waals surface area contributed by atoms with Gasteiger partial charge < -0.3 is 15.4 Å². The molecule has 0 atom stereocenters. The van der Waals surface area contributed by atoms with E-state index in [9.17, 15) is 10.1 Å². The smallest absolute Gasteiger partial charge is 0.267 e. The van der Waals surface area contributed by atoms with Crippen LogP contribution in [0, 0.1) is 11.3 Å². The lowest BCUT2D eigenvalue weighted by Gasteiger charge is -2.07. The summed E-state index contributed by atoms with van der Waals surface area (Å²) in [7, 11) is 1.61. The molecule has 0 unspecified atom stereocenters. The molecule has 0 radical (unpaired) electrons. The van der Waals surface area contributed by atoms with Gasteiger partial charge in [0.05, 0.1) is 7.11 Å². The van der Waals surface area contributed by atoms with E-state index >= 15 is 0 Å². The van der Waals surface area contributed by atoms with Crippen molar-refractivity contribution in [3.63, 3.8) is 0 Å². The van der Waals surface area contributed by atoms with Crippen molar-refractivity contribution in [2.24, 2.45) is 0 Å². The molecule has 0 aliphatic carbocycles. The number of rotatable bonds is 9. The first-order chi connectivity index (χ1) is 13.2. The number of methoxy groups -OCH3 is 1. The average molecular weight is 363 g/mol. The number of aryl methyl sites for hydroxylation is 1. The summed E-state index contributed by atoms with van der Waals surface area (Å²) < 4.78 is 5.18. The SMILES string of the molecule is CCCCc1ccc(NC(=O)/C(C#N)=C\NCc2cccc(OC)c2)cc1. The molecule has 0 spiro atoms. The molecule has 0 saturated carbocycles. The molecule has 2 rings (SSSR count). The summed E-state index contributed by atoms with van der Waals surface area (Å²) in [4.78, 5) is 12.3. The van der Waals surface area contributed by atoms with Gasteiger partial charge in [-0.1, -0.05) is 37.6 Å². The first-order valence-corrected chi connectivity index (χ1v) is 9.03. The van der Waals surface area contributed by atoms with Gasteiger partial charge in [-0.05, 0) is 48.2 Å². The van der Waals surface area contributed by atoms with Crippen molar-refractivity contribution in [2.45, 2.75) is 32.7 Å². The Morgan fingerprint density at radius 1 is 1.19 bits per heavy atom. The zero-order valence-electron chi connectivity index (χ0n) is 15.8. The second-order valence-corrected chi connectivity index (χ2v) is 6.16. The molecule has 27 heavy (non-hydrogen) atoms. The fourth-order valence-corrected chi connectivity index (χ4v) is 2.54. The van der Waals surface area contributed by atoms with Crippen LogP contribution in [0.5, 0.6) is 5.75 Å². The van der Waals surface area contributed by atoms with Crippen LogP contribution in [0.25, 0.3) is 0 Å². The summed E-state index contributed by atoms with van der Waals surface area (Å²) in [6, 6.07) is 17.3. The molecule has 2 N–H and O–H groups in total. The molecule has 0 aliphatic rings. The topological polar surface area (TPSA) is 74.2 Å². The Kier molecular flexibility index (Phi) is 7.92. The molecule has 140 valence electrons. The highest BCUT2D eigenvalue weighted by atomic mass is 16.5. The van der Waals surface area contributed by atoms with E-state index in [1.807, 2.05) is 54.6 Å². The predicted molar refractivity (Wildman–Crippen MR) is 107 cm³/mol. The maximum Gasteiger partial charge on any atom is 0.267 e. The van der Waals surface area contributed by atoms with Gasteiger partial charge in [-0.3, -0.25) is 4.79 Å². The zero-order valence-corrected chi connectivity index (χ0v) is 15.8. The minimum absolute atomic E-state index is 0.0213. The molecule has 0 aliphatic heterocycles. The maximum absolute atomic E-state index is 12.3. The van der Waals surface area contributed by atoms with E-state index in [1.165, 1.54) is 11.8 Å². The van der Waals surface area contributed by atoms with E-state index in [1.54, 1.807) is 7.11 Å². The Labute approximate surface area is 160 Å². The highest BCUT2D eigenvalue weighted by Crippen LogP contribution is 2.14. The molecular weight excluding hydrogens is 338 g/mol. The quantitative estimate of drug-likeness (QED) is 0.518. The minimum atomic E-state index is -0.433. The van der Waals surface area contributed by atoms with Gasteiger partial charge in [0.25, 0.3) is 5.91 Å². The van der Waals surface area contributed by atoms with Crippen LogP contribution in [0.15, 0.2) is 60.3 Å². The first kappa shape index (κ1) is 20.1. The van der Waals surface area contributed by atoms with Gasteiger partial charge >= 0.3 is 0 Å². The van der Waals surface area contributed by atoms with Gasteiger partial charge in [0.15, 0.2) is 0 Å². The first-order valence-electron chi connectivity index (χ1n) is 9.03. The number of ether oxygens (including phenoxy) is 1. The third-order valence-electron chi connectivity index (χ3n) is 4.08. The van der Waals surface area contributed by atoms with Gasteiger partial charge in [-0.15, -0.1) is 0 Å². The Morgan fingerprint density at radius 3 is 2.63 bits per heavy atom. The van der Waals surface area contributed by atoms with Crippen molar-refractivity contribution in [3.8, 4) is 11.8 Å². The summed E-state index contributed by atoms with van der Waals surface area (Å²) >= 11 is 0. The van der Waals surface area contributed by atoms with Gasteiger partial charge in [0.2, 0.25) is 0 Å². The number of nitrogens with one attached hydrogen (secondary N) is 2. The van der Waals surface area contributed by atoms with E-state index in [0.717, 1.165) is 30.6 Å². The Bertz CT molecular complexity index is 820. The van der Waals surface area contributed by atoms with Crippen LogP contribution in [0.2, 0.25) is 0 Å². The van der Waals surface area contributed by atoms with E-state index in [-0.39, 0.29) is 5.57 Å². The monoisotopic (exact) mass is 363 g/mol. The molecule has 1 amide bonds. The van der Waals surface area contributed by atoms with Crippen molar-refractivity contribution < 1.29 is 9.53 Å². The molecule has 5 nitrogen and oxygen atoms in total. The number of hydrogen-bond donors (Lipinski definition) is 2. The number of anilines is 1. The third kappa shape index (κ3) is 6.52. The number of unbranched alkanes of at least 4 members (excludes halogenated alkanes) is 1. The predicted octanol–water partition coefficient (Wildman–Crippen LogP) is 4.17. The number of amides is 1. The lowest BCUT2D eigenvalue weighted by atomic mass is 10.1. The molecule has 0 fully saturated rings. The van der Waals surface area contributed by atoms with E-state index in [2.05, 4.69) is 17.6 Å². The molecule has 2 aromatic carbocycles. The molecule has 0 heterocycles. The molecule has 2 aromatic rings. The van der Waals surface area contributed by atoms with E-state index < -0.39 is 5.91 Å². The Hall–Kier alpha value is -3.26. The van der Waals surface area contributed by atoms with Crippen molar-refractivity contribution in [2.75, 3.05) is 12.4 Å². The van der Waals surface area contributed by atoms with E-state index in [0.29, 0.717) is 12.2 Å². The Morgan fingerprint density at radius 2 is 1.96 bits per heavy atom. The normalized spacial score (nSPS) is 10.8. The lowest BCUT2D eigenvalue weighted by Crippen LogP contribution is -2.16. The number of nitriles is 1. The fourth-order valence-electron chi connectivity index (χ4n) is 2.54. The molecule has 0 saturated heterocycles. The molecule has 5 heteroatoms. The summed E-state index contributed by atoms with van der Waals surface area (Å²) in [5.41, 5.74) is 2.93. The average Bonchev–Trinajstić information content (AvgIpc) is 2.70. The number of carbonyl (C=O) groups excluding carboxylic acids is 1. The molecular formula is C22H25N3O2. The van der Waals surface area contributed by atoms with Crippen molar-refractivity contribution in [1.29, 1.82) is 5.26 Å². The van der Waals surface area contributed by atoms with Gasteiger partial charge in [-0.2, -0.15) is 5.26 Å². The maximum atomic E-state index is 12.3. The molecule has 0 bridgehead atoms. The van der Waals surface area contributed by atoms with Crippen LogP contribution >= 0.6 is 0 Å². The van der Waals surface area contributed by atoms with Crippen molar-refractivity contribution in [1.82, 2.24) is 5.32 Å². The summed E-state index contributed by atoms with van der Waals surface area (Å²) in [5, 5.41) is 15.0.